The number of nitrogens with zero attached hydrogens (tertiary/aromatic N) is 1. The van der Waals surface area contributed by atoms with Gasteiger partial charge in [0.2, 0.25) is 0 Å². The first-order chi connectivity index (χ1) is 8.63. The van der Waals surface area contributed by atoms with Crippen LogP contribution in [-0.4, -0.2) is 13.6 Å². The van der Waals surface area contributed by atoms with Crippen LogP contribution in [0, 0.1) is 24.7 Å². The maximum absolute atomic E-state index is 6.00. The fraction of sp³-hybridized carbons (Fsp3) is 0.625. The Hall–Kier alpha value is -1.18. The van der Waals surface area contributed by atoms with Crippen LogP contribution in [0.3, 0.4) is 0 Å². The number of fused-ring (bicyclic) bond motifs is 2. The minimum atomic E-state index is 0.910. The number of nitrogens with two attached hydrogens (primary N) is 1. The summed E-state index contributed by atoms with van der Waals surface area (Å²) in [6.45, 7) is 3.26. The van der Waals surface area contributed by atoms with Crippen molar-refractivity contribution in [3.05, 3.63) is 23.8 Å². The van der Waals surface area contributed by atoms with Gasteiger partial charge in [0.1, 0.15) is 0 Å². The number of aryl methyl sites for hydroxylation is 1. The second-order valence-electron chi connectivity index (χ2n) is 6.36. The van der Waals surface area contributed by atoms with E-state index in [-0.39, 0.29) is 0 Å². The van der Waals surface area contributed by atoms with Crippen LogP contribution in [0.15, 0.2) is 18.2 Å². The number of nitrogen functional groups attached to an aromatic ring is 1. The van der Waals surface area contributed by atoms with Crippen molar-refractivity contribution in [3.8, 4) is 0 Å². The van der Waals surface area contributed by atoms with Crippen molar-refractivity contribution in [1.29, 1.82) is 0 Å². The number of benzene rings is 1. The minimum absolute atomic E-state index is 0.910. The number of rotatable bonds is 3. The normalized spacial score (nSPS) is 29.8. The van der Waals surface area contributed by atoms with E-state index >= 15 is 0 Å². The summed E-state index contributed by atoms with van der Waals surface area (Å²) in [5.74, 6) is 2.95. The monoisotopic (exact) mass is 244 g/mol. The van der Waals surface area contributed by atoms with Crippen molar-refractivity contribution in [2.24, 2.45) is 17.8 Å². The summed E-state index contributed by atoms with van der Waals surface area (Å²) in [5, 5.41) is 0. The van der Waals surface area contributed by atoms with Crippen LogP contribution in [0.5, 0.6) is 0 Å². The van der Waals surface area contributed by atoms with Gasteiger partial charge in [-0.3, -0.25) is 0 Å². The van der Waals surface area contributed by atoms with Crippen LogP contribution in [0.2, 0.25) is 0 Å². The number of anilines is 2. The molecule has 0 radical (unpaired) electrons. The fourth-order valence-corrected chi connectivity index (χ4v) is 3.92. The van der Waals surface area contributed by atoms with Crippen LogP contribution >= 0.6 is 0 Å². The molecule has 0 heterocycles. The molecule has 2 aliphatic carbocycles. The van der Waals surface area contributed by atoms with E-state index in [1.54, 1.807) is 0 Å². The van der Waals surface area contributed by atoms with E-state index in [1.165, 1.54) is 43.5 Å². The Balaban J connectivity index is 1.67. The summed E-state index contributed by atoms with van der Waals surface area (Å²) in [6.07, 6.45) is 5.91. The molecule has 2 fully saturated rings. The molecule has 1 aromatic carbocycles. The van der Waals surface area contributed by atoms with Crippen LogP contribution in [0.1, 0.15) is 31.2 Å². The van der Waals surface area contributed by atoms with Crippen LogP contribution < -0.4 is 10.6 Å². The molecule has 0 amide bonds. The molecule has 0 aromatic heterocycles. The number of hydrogen-bond acceptors (Lipinski definition) is 2. The Morgan fingerprint density at radius 1 is 1.28 bits per heavy atom. The van der Waals surface area contributed by atoms with E-state index in [0.717, 1.165) is 23.4 Å². The predicted molar refractivity (Wildman–Crippen MR) is 77.8 cm³/mol. The molecule has 2 saturated carbocycles. The van der Waals surface area contributed by atoms with Crippen molar-refractivity contribution in [1.82, 2.24) is 0 Å². The van der Waals surface area contributed by atoms with Gasteiger partial charge in [-0.1, -0.05) is 12.5 Å². The second kappa shape index (κ2) is 4.49. The molecular formula is C16H24N2. The maximum atomic E-state index is 6.00. The van der Waals surface area contributed by atoms with Crippen LogP contribution in [-0.2, 0) is 0 Å². The summed E-state index contributed by atoms with van der Waals surface area (Å²) in [5.41, 5.74) is 9.35. The van der Waals surface area contributed by atoms with Crippen molar-refractivity contribution in [2.45, 2.75) is 32.6 Å². The zero-order valence-corrected chi connectivity index (χ0v) is 11.5. The third-order valence-corrected chi connectivity index (χ3v) is 5.10. The van der Waals surface area contributed by atoms with Gasteiger partial charge in [0.15, 0.2) is 0 Å². The Morgan fingerprint density at radius 3 is 2.72 bits per heavy atom. The molecule has 2 heteroatoms. The molecule has 18 heavy (non-hydrogen) atoms. The Labute approximate surface area is 110 Å². The Kier molecular flexibility index (Phi) is 2.96. The third-order valence-electron chi connectivity index (χ3n) is 5.10. The van der Waals surface area contributed by atoms with Crippen LogP contribution in [0.4, 0.5) is 11.4 Å². The van der Waals surface area contributed by atoms with E-state index in [4.69, 9.17) is 5.73 Å². The molecule has 3 unspecified atom stereocenters. The molecule has 2 aliphatic rings. The molecule has 98 valence electrons. The minimum Gasteiger partial charge on any atom is -0.398 e. The lowest BCUT2D eigenvalue weighted by atomic mass is 9.88. The largest absolute Gasteiger partial charge is 0.398 e. The highest BCUT2D eigenvalue weighted by atomic mass is 15.1. The highest BCUT2D eigenvalue weighted by Gasteiger charge is 2.39. The highest BCUT2D eigenvalue weighted by Crippen LogP contribution is 2.48. The smallest absolute Gasteiger partial charge is 0.0384 e. The van der Waals surface area contributed by atoms with Gasteiger partial charge < -0.3 is 10.6 Å². The maximum Gasteiger partial charge on any atom is 0.0384 e. The van der Waals surface area contributed by atoms with Gasteiger partial charge >= 0.3 is 0 Å². The van der Waals surface area contributed by atoms with Gasteiger partial charge in [0, 0.05) is 25.0 Å². The lowest BCUT2D eigenvalue weighted by Gasteiger charge is -2.28. The fourth-order valence-electron chi connectivity index (χ4n) is 3.92. The van der Waals surface area contributed by atoms with Crippen molar-refractivity contribution >= 4 is 11.4 Å². The molecule has 3 atom stereocenters. The first kappa shape index (κ1) is 11.9. The second-order valence-corrected chi connectivity index (χ2v) is 6.36. The lowest BCUT2D eigenvalue weighted by molar-refractivity contribution is 0.337. The molecule has 2 bridgehead atoms. The van der Waals surface area contributed by atoms with Gasteiger partial charge in [-0.2, -0.15) is 0 Å². The van der Waals surface area contributed by atoms with Crippen molar-refractivity contribution in [3.63, 3.8) is 0 Å². The summed E-state index contributed by atoms with van der Waals surface area (Å²) < 4.78 is 0. The molecule has 2 N–H and O–H groups in total. The molecule has 2 nitrogen and oxygen atoms in total. The van der Waals surface area contributed by atoms with E-state index in [1.807, 2.05) is 0 Å². The van der Waals surface area contributed by atoms with E-state index in [2.05, 4.69) is 37.1 Å². The standard InChI is InChI=1S/C16H24N2/c1-11-3-6-15(9-16(11)17)18(2)10-14-8-12-4-5-13(14)7-12/h3,6,9,12-14H,4-5,7-8,10,17H2,1-2H3. The van der Waals surface area contributed by atoms with Gasteiger partial charge in [0.05, 0.1) is 0 Å². The van der Waals surface area contributed by atoms with Gasteiger partial charge in [-0.05, 0) is 61.6 Å². The zero-order chi connectivity index (χ0) is 12.7. The molecule has 3 rings (SSSR count). The van der Waals surface area contributed by atoms with Crippen molar-refractivity contribution in [2.75, 3.05) is 24.2 Å². The molecule has 0 saturated heterocycles. The van der Waals surface area contributed by atoms with E-state index in [9.17, 15) is 0 Å². The summed E-state index contributed by atoms with van der Waals surface area (Å²) in [4.78, 5) is 2.39. The van der Waals surface area contributed by atoms with Gasteiger partial charge in [-0.25, -0.2) is 0 Å². The zero-order valence-electron chi connectivity index (χ0n) is 11.5. The first-order valence-electron chi connectivity index (χ1n) is 7.20. The van der Waals surface area contributed by atoms with Gasteiger partial charge in [0.25, 0.3) is 0 Å². The lowest BCUT2D eigenvalue weighted by Crippen LogP contribution is -2.28. The summed E-state index contributed by atoms with van der Waals surface area (Å²) in [6, 6.07) is 6.43. The Morgan fingerprint density at radius 2 is 2.11 bits per heavy atom. The first-order valence-corrected chi connectivity index (χ1v) is 7.20. The average molecular weight is 244 g/mol. The van der Waals surface area contributed by atoms with Crippen LogP contribution in [0.25, 0.3) is 0 Å². The topological polar surface area (TPSA) is 29.3 Å². The SMILES string of the molecule is Cc1ccc(N(C)CC2CC3CCC2C3)cc1N. The quantitative estimate of drug-likeness (QED) is 0.825. The average Bonchev–Trinajstić information content (AvgIpc) is 2.94. The predicted octanol–water partition coefficient (Wildman–Crippen LogP) is 3.45. The summed E-state index contributed by atoms with van der Waals surface area (Å²) >= 11 is 0. The van der Waals surface area contributed by atoms with E-state index < -0.39 is 0 Å². The molecule has 1 aromatic rings. The molecular weight excluding hydrogens is 220 g/mol. The van der Waals surface area contributed by atoms with Crippen molar-refractivity contribution < 1.29 is 0 Å². The van der Waals surface area contributed by atoms with Gasteiger partial charge in [-0.15, -0.1) is 0 Å². The number of hydrogen-bond donors (Lipinski definition) is 1. The highest BCUT2D eigenvalue weighted by molar-refractivity contribution is 5.59. The Bertz CT molecular complexity index is 441. The molecule has 0 spiro atoms. The third kappa shape index (κ3) is 2.09. The van der Waals surface area contributed by atoms with E-state index in [0.29, 0.717) is 0 Å². The molecule has 0 aliphatic heterocycles. The summed E-state index contributed by atoms with van der Waals surface area (Å²) in [7, 11) is 2.20.